The molecule has 1 aromatic heterocycles. The number of nitrogens with one attached hydrogen (secondary N) is 1. The van der Waals surface area contributed by atoms with Crippen molar-refractivity contribution >= 4 is 22.6 Å². The summed E-state index contributed by atoms with van der Waals surface area (Å²) in [6, 6.07) is 5.74. The third-order valence-corrected chi connectivity index (χ3v) is 2.85. The second-order valence-corrected chi connectivity index (χ2v) is 4.34. The van der Waals surface area contributed by atoms with Crippen molar-refractivity contribution in [2.75, 3.05) is 13.1 Å². The Balaban J connectivity index is 2.09. The molecule has 3 heteroatoms. The van der Waals surface area contributed by atoms with Gasteiger partial charge >= 0.3 is 0 Å². The number of hydrogen-bond acceptors (Lipinski definition) is 2. The van der Waals surface area contributed by atoms with Gasteiger partial charge in [0.2, 0.25) is 0 Å². The lowest BCUT2D eigenvalue weighted by atomic mass is 10.1. The molecule has 16 heavy (non-hydrogen) atoms. The molecule has 1 aromatic carbocycles. The Hall–Kier alpha value is -0.990. The fourth-order valence-corrected chi connectivity index (χ4v) is 1.94. The zero-order valence-corrected chi connectivity index (χ0v) is 10.2. The van der Waals surface area contributed by atoms with E-state index >= 15 is 0 Å². The largest absolute Gasteiger partial charge is 0.464 e. The SMILES string of the molecule is CCCNCCc1coc2ccc(Cl)cc12. The molecule has 0 atom stereocenters. The Morgan fingerprint density at radius 2 is 2.19 bits per heavy atom. The number of fused-ring (bicyclic) bond motifs is 1. The van der Waals surface area contributed by atoms with Gasteiger partial charge in [0.05, 0.1) is 6.26 Å². The second kappa shape index (κ2) is 5.37. The van der Waals surface area contributed by atoms with Crippen molar-refractivity contribution in [1.29, 1.82) is 0 Å². The summed E-state index contributed by atoms with van der Waals surface area (Å²) in [4.78, 5) is 0. The minimum atomic E-state index is 0.761. The molecule has 0 spiro atoms. The van der Waals surface area contributed by atoms with Crippen molar-refractivity contribution in [2.45, 2.75) is 19.8 Å². The van der Waals surface area contributed by atoms with Gasteiger partial charge in [0.25, 0.3) is 0 Å². The summed E-state index contributed by atoms with van der Waals surface area (Å²) < 4.78 is 5.47. The van der Waals surface area contributed by atoms with Crippen LogP contribution in [0.4, 0.5) is 0 Å². The van der Waals surface area contributed by atoms with E-state index < -0.39 is 0 Å². The van der Waals surface area contributed by atoms with Gasteiger partial charge in [-0.15, -0.1) is 0 Å². The summed E-state index contributed by atoms with van der Waals surface area (Å²) in [6.45, 7) is 4.21. The van der Waals surface area contributed by atoms with Crippen molar-refractivity contribution in [3.05, 3.63) is 35.0 Å². The summed E-state index contributed by atoms with van der Waals surface area (Å²) in [5.41, 5.74) is 2.14. The van der Waals surface area contributed by atoms with Gasteiger partial charge in [0.15, 0.2) is 0 Å². The predicted octanol–water partition coefficient (Wildman–Crippen LogP) is 3.63. The Morgan fingerprint density at radius 3 is 3.00 bits per heavy atom. The highest BCUT2D eigenvalue weighted by atomic mass is 35.5. The van der Waals surface area contributed by atoms with Gasteiger partial charge in [-0.2, -0.15) is 0 Å². The third kappa shape index (κ3) is 2.57. The van der Waals surface area contributed by atoms with Crippen LogP contribution in [-0.4, -0.2) is 13.1 Å². The summed E-state index contributed by atoms with van der Waals surface area (Å²) >= 11 is 5.97. The average molecular weight is 238 g/mol. The fourth-order valence-electron chi connectivity index (χ4n) is 1.77. The molecule has 0 bridgehead atoms. The van der Waals surface area contributed by atoms with Crippen molar-refractivity contribution in [3.8, 4) is 0 Å². The topological polar surface area (TPSA) is 25.2 Å². The predicted molar refractivity (Wildman–Crippen MR) is 68.1 cm³/mol. The minimum absolute atomic E-state index is 0.761. The molecule has 2 rings (SSSR count). The fraction of sp³-hybridized carbons (Fsp3) is 0.385. The van der Waals surface area contributed by atoms with Crippen LogP contribution < -0.4 is 5.32 Å². The lowest BCUT2D eigenvalue weighted by molar-refractivity contribution is 0.605. The molecule has 0 aliphatic heterocycles. The Kier molecular flexibility index (Phi) is 3.86. The first-order chi connectivity index (χ1) is 7.81. The first kappa shape index (κ1) is 11.5. The van der Waals surface area contributed by atoms with Crippen LogP contribution in [0.3, 0.4) is 0 Å². The molecule has 2 nitrogen and oxygen atoms in total. The first-order valence-electron chi connectivity index (χ1n) is 5.67. The van der Waals surface area contributed by atoms with Gasteiger partial charge in [0, 0.05) is 10.4 Å². The zero-order valence-electron chi connectivity index (χ0n) is 9.42. The molecule has 0 radical (unpaired) electrons. The molecule has 0 saturated carbocycles. The maximum atomic E-state index is 5.97. The Labute approximate surface area is 101 Å². The Morgan fingerprint density at radius 1 is 1.31 bits per heavy atom. The molecular formula is C13H16ClNO. The monoisotopic (exact) mass is 237 g/mol. The smallest absolute Gasteiger partial charge is 0.134 e. The van der Waals surface area contributed by atoms with E-state index in [-0.39, 0.29) is 0 Å². The average Bonchev–Trinajstić information content (AvgIpc) is 2.67. The van der Waals surface area contributed by atoms with E-state index in [2.05, 4.69) is 12.2 Å². The number of rotatable bonds is 5. The molecule has 0 unspecified atom stereocenters. The lowest BCUT2D eigenvalue weighted by Crippen LogP contribution is -2.17. The van der Waals surface area contributed by atoms with Crippen molar-refractivity contribution in [1.82, 2.24) is 5.32 Å². The molecule has 0 saturated heterocycles. The van der Waals surface area contributed by atoms with Crippen molar-refractivity contribution in [2.24, 2.45) is 0 Å². The van der Waals surface area contributed by atoms with Crippen LogP contribution in [0, 0.1) is 0 Å². The summed E-state index contributed by atoms with van der Waals surface area (Å²) in [5.74, 6) is 0. The summed E-state index contributed by atoms with van der Waals surface area (Å²) in [6.07, 6.45) is 3.97. The van der Waals surface area contributed by atoms with E-state index in [0.717, 1.165) is 41.9 Å². The molecule has 0 aliphatic rings. The number of furan rings is 1. The van der Waals surface area contributed by atoms with E-state index in [4.69, 9.17) is 16.0 Å². The quantitative estimate of drug-likeness (QED) is 0.804. The van der Waals surface area contributed by atoms with E-state index in [1.165, 1.54) is 5.56 Å². The van der Waals surface area contributed by atoms with Crippen LogP contribution >= 0.6 is 11.6 Å². The van der Waals surface area contributed by atoms with Gasteiger partial charge < -0.3 is 9.73 Å². The summed E-state index contributed by atoms with van der Waals surface area (Å²) in [5, 5.41) is 5.27. The van der Waals surface area contributed by atoms with Crippen LogP contribution in [0.2, 0.25) is 5.02 Å². The highest BCUT2D eigenvalue weighted by Crippen LogP contribution is 2.24. The highest BCUT2D eigenvalue weighted by molar-refractivity contribution is 6.31. The van der Waals surface area contributed by atoms with E-state index in [1.54, 1.807) is 0 Å². The summed E-state index contributed by atoms with van der Waals surface area (Å²) in [7, 11) is 0. The number of hydrogen-bond donors (Lipinski definition) is 1. The lowest BCUT2D eigenvalue weighted by Gasteiger charge is -2.01. The van der Waals surface area contributed by atoms with Crippen LogP contribution in [-0.2, 0) is 6.42 Å². The van der Waals surface area contributed by atoms with E-state index in [0.29, 0.717) is 0 Å². The zero-order chi connectivity index (χ0) is 11.4. The molecular weight excluding hydrogens is 222 g/mol. The maximum Gasteiger partial charge on any atom is 0.134 e. The highest BCUT2D eigenvalue weighted by Gasteiger charge is 2.05. The van der Waals surface area contributed by atoms with Crippen molar-refractivity contribution < 1.29 is 4.42 Å². The molecule has 86 valence electrons. The third-order valence-electron chi connectivity index (χ3n) is 2.61. The number of benzene rings is 1. The molecule has 0 aliphatic carbocycles. The van der Waals surface area contributed by atoms with Crippen LogP contribution in [0.1, 0.15) is 18.9 Å². The number of halogens is 1. The van der Waals surface area contributed by atoms with E-state index in [9.17, 15) is 0 Å². The van der Waals surface area contributed by atoms with Gasteiger partial charge in [-0.25, -0.2) is 0 Å². The molecule has 2 aromatic rings. The van der Waals surface area contributed by atoms with E-state index in [1.807, 2.05) is 24.5 Å². The molecule has 1 heterocycles. The second-order valence-electron chi connectivity index (χ2n) is 3.90. The van der Waals surface area contributed by atoms with Gasteiger partial charge in [-0.1, -0.05) is 18.5 Å². The van der Waals surface area contributed by atoms with Crippen LogP contribution in [0.15, 0.2) is 28.9 Å². The Bertz CT molecular complexity index is 464. The van der Waals surface area contributed by atoms with Gasteiger partial charge in [-0.3, -0.25) is 0 Å². The maximum absolute atomic E-state index is 5.97. The normalized spacial score (nSPS) is 11.1. The molecule has 0 amide bonds. The van der Waals surface area contributed by atoms with Crippen LogP contribution in [0.5, 0.6) is 0 Å². The standard InChI is InChI=1S/C13H16ClNO/c1-2-6-15-7-5-10-9-16-13-4-3-11(14)8-12(10)13/h3-4,8-9,15H,2,5-7H2,1H3. The first-order valence-corrected chi connectivity index (χ1v) is 6.05. The molecule has 0 fully saturated rings. The van der Waals surface area contributed by atoms with Gasteiger partial charge in [-0.05, 0) is 49.7 Å². The molecule has 1 N–H and O–H groups in total. The van der Waals surface area contributed by atoms with Crippen molar-refractivity contribution in [3.63, 3.8) is 0 Å². The van der Waals surface area contributed by atoms with Crippen LogP contribution in [0.25, 0.3) is 11.0 Å². The minimum Gasteiger partial charge on any atom is -0.464 e. The van der Waals surface area contributed by atoms with Gasteiger partial charge in [0.1, 0.15) is 5.58 Å².